The quantitative estimate of drug-likeness (QED) is 0.700. The molecule has 0 amide bonds. The van der Waals surface area contributed by atoms with Crippen molar-refractivity contribution in [3.8, 4) is 4.97 Å². The van der Waals surface area contributed by atoms with Crippen LogP contribution in [-0.4, -0.2) is 20.1 Å². The van der Waals surface area contributed by atoms with Gasteiger partial charge in [-0.3, -0.25) is 0 Å². The van der Waals surface area contributed by atoms with Crippen molar-refractivity contribution in [2.45, 2.75) is 6.61 Å². The van der Waals surface area contributed by atoms with Crippen LogP contribution in [0.25, 0.3) is 0 Å². The molecule has 0 saturated carbocycles. The number of nitriles is 1. The number of hydrogen-bond acceptors (Lipinski definition) is 2. The third-order valence-corrected chi connectivity index (χ3v) is 2.53. The molecule has 0 aliphatic rings. The van der Waals surface area contributed by atoms with E-state index >= 15 is 0 Å². The van der Waals surface area contributed by atoms with Crippen LogP contribution in [0.4, 0.5) is 0 Å². The summed E-state index contributed by atoms with van der Waals surface area (Å²) >= 11 is -0.0754. The van der Waals surface area contributed by atoms with Crippen molar-refractivity contribution in [2.75, 3.05) is 0 Å². The van der Waals surface area contributed by atoms with E-state index < -0.39 is 0 Å². The molecule has 56 valence electrons. The standard InChI is InChI=1S/C8H7NOSe/c9-6-11-8-3-1-7(5-10)2-4-8/h1-4,10H,5H2. The van der Waals surface area contributed by atoms with Gasteiger partial charge in [-0.15, -0.1) is 0 Å². The van der Waals surface area contributed by atoms with Gasteiger partial charge in [0, 0.05) is 0 Å². The van der Waals surface area contributed by atoms with Crippen LogP contribution in [0.15, 0.2) is 24.3 Å². The first-order chi connectivity index (χ1) is 5.36. The van der Waals surface area contributed by atoms with Gasteiger partial charge in [-0.05, 0) is 0 Å². The Morgan fingerprint density at radius 3 is 2.45 bits per heavy atom. The monoisotopic (exact) mass is 213 g/mol. The van der Waals surface area contributed by atoms with Gasteiger partial charge in [-0.1, -0.05) is 0 Å². The average Bonchev–Trinajstić information content (AvgIpc) is 2.07. The number of hydrogen-bond donors (Lipinski definition) is 1. The number of aliphatic hydroxyl groups is 1. The molecule has 1 N–H and O–H groups in total. The summed E-state index contributed by atoms with van der Waals surface area (Å²) in [5.74, 6) is 0. The molecule has 2 nitrogen and oxygen atoms in total. The van der Waals surface area contributed by atoms with Crippen molar-refractivity contribution < 1.29 is 5.11 Å². The van der Waals surface area contributed by atoms with E-state index in [4.69, 9.17) is 10.4 Å². The van der Waals surface area contributed by atoms with Crippen molar-refractivity contribution >= 4 is 19.4 Å². The fraction of sp³-hybridized carbons (Fsp3) is 0.125. The van der Waals surface area contributed by atoms with Crippen molar-refractivity contribution in [3.63, 3.8) is 0 Å². The first kappa shape index (κ1) is 8.29. The zero-order valence-electron chi connectivity index (χ0n) is 5.82. The first-order valence-corrected chi connectivity index (χ1v) is 4.84. The molecule has 0 unspecified atom stereocenters. The summed E-state index contributed by atoms with van der Waals surface area (Å²) in [4.78, 5) is 2.12. The van der Waals surface area contributed by atoms with Gasteiger partial charge in [-0.2, -0.15) is 0 Å². The third-order valence-electron chi connectivity index (χ3n) is 1.27. The van der Waals surface area contributed by atoms with E-state index in [1.54, 1.807) is 0 Å². The molecule has 0 aliphatic carbocycles. The van der Waals surface area contributed by atoms with Crippen LogP contribution in [0.1, 0.15) is 5.56 Å². The molecule has 0 aliphatic heterocycles. The van der Waals surface area contributed by atoms with Crippen molar-refractivity contribution in [1.29, 1.82) is 5.26 Å². The summed E-state index contributed by atoms with van der Waals surface area (Å²) in [5.41, 5.74) is 0.891. The molecule has 0 radical (unpaired) electrons. The van der Waals surface area contributed by atoms with Crippen molar-refractivity contribution in [3.05, 3.63) is 29.8 Å². The van der Waals surface area contributed by atoms with Gasteiger partial charge in [0.2, 0.25) is 0 Å². The normalized spacial score (nSPS) is 9.09. The van der Waals surface area contributed by atoms with Gasteiger partial charge in [0.1, 0.15) is 0 Å². The molecule has 1 aromatic carbocycles. The molecule has 0 fully saturated rings. The topological polar surface area (TPSA) is 44.0 Å². The SMILES string of the molecule is N#C[Se]c1ccc(CO)cc1. The Morgan fingerprint density at radius 1 is 1.36 bits per heavy atom. The number of aliphatic hydroxyl groups excluding tert-OH is 1. The summed E-state index contributed by atoms with van der Waals surface area (Å²) in [7, 11) is 0. The molecule has 1 rings (SSSR count). The molecule has 1 aromatic rings. The van der Waals surface area contributed by atoms with E-state index in [9.17, 15) is 0 Å². The Balaban J connectivity index is 2.76. The second-order valence-corrected chi connectivity index (χ2v) is 3.80. The first-order valence-electron chi connectivity index (χ1n) is 3.12. The third kappa shape index (κ3) is 2.36. The summed E-state index contributed by atoms with van der Waals surface area (Å²) in [6.45, 7) is 0.0693. The maximum absolute atomic E-state index is 8.70. The van der Waals surface area contributed by atoms with Crippen LogP contribution >= 0.6 is 0 Å². The second-order valence-electron chi connectivity index (χ2n) is 2.00. The number of benzene rings is 1. The predicted molar refractivity (Wildman–Crippen MR) is 43.4 cm³/mol. The van der Waals surface area contributed by atoms with Gasteiger partial charge in [-0.25, -0.2) is 0 Å². The minimum absolute atomic E-state index is 0.0693. The van der Waals surface area contributed by atoms with Gasteiger partial charge >= 0.3 is 71.2 Å². The maximum atomic E-state index is 8.70. The predicted octanol–water partition coefficient (Wildman–Crippen LogP) is -0.0105. The molecule has 0 saturated heterocycles. The van der Waals surface area contributed by atoms with Crippen LogP contribution in [-0.2, 0) is 6.61 Å². The number of nitrogens with zero attached hydrogens (tertiary/aromatic N) is 1. The van der Waals surface area contributed by atoms with Crippen LogP contribution in [0.3, 0.4) is 0 Å². The van der Waals surface area contributed by atoms with E-state index in [1.807, 2.05) is 24.3 Å². The van der Waals surface area contributed by atoms with E-state index in [2.05, 4.69) is 4.97 Å². The summed E-state index contributed by atoms with van der Waals surface area (Å²) in [6.07, 6.45) is 0. The molecule has 11 heavy (non-hydrogen) atoms. The molecule has 3 heteroatoms. The van der Waals surface area contributed by atoms with E-state index in [-0.39, 0.29) is 21.6 Å². The van der Waals surface area contributed by atoms with Crippen molar-refractivity contribution in [2.24, 2.45) is 0 Å². The van der Waals surface area contributed by atoms with Crippen LogP contribution in [0.2, 0.25) is 0 Å². The van der Waals surface area contributed by atoms with Gasteiger partial charge < -0.3 is 0 Å². The van der Waals surface area contributed by atoms with E-state index in [1.165, 1.54) is 0 Å². The minimum atomic E-state index is -0.0754. The van der Waals surface area contributed by atoms with Crippen LogP contribution in [0.5, 0.6) is 0 Å². The summed E-state index contributed by atoms with van der Waals surface area (Å²) in [6, 6.07) is 7.45. The van der Waals surface area contributed by atoms with Crippen molar-refractivity contribution in [1.82, 2.24) is 0 Å². The van der Waals surface area contributed by atoms with Crippen LogP contribution in [0, 0.1) is 10.2 Å². The van der Waals surface area contributed by atoms with Crippen LogP contribution < -0.4 is 4.46 Å². The van der Waals surface area contributed by atoms with E-state index in [0.717, 1.165) is 10.0 Å². The second kappa shape index (κ2) is 4.15. The Morgan fingerprint density at radius 2 is 2.00 bits per heavy atom. The van der Waals surface area contributed by atoms with Gasteiger partial charge in [0.15, 0.2) is 0 Å². The number of rotatable bonds is 2. The fourth-order valence-corrected chi connectivity index (χ4v) is 1.51. The zero-order chi connectivity index (χ0) is 8.10. The molecular weight excluding hydrogens is 205 g/mol. The Labute approximate surface area is 71.6 Å². The molecule has 0 heterocycles. The Hall–Kier alpha value is -0.811. The molecule has 0 aromatic heterocycles. The summed E-state index contributed by atoms with van der Waals surface area (Å²) < 4.78 is 1.05. The summed E-state index contributed by atoms with van der Waals surface area (Å²) in [5, 5.41) is 17.1. The van der Waals surface area contributed by atoms with Gasteiger partial charge in [0.25, 0.3) is 0 Å². The Bertz CT molecular complexity index is 262. The van der Waals surface area contributed by atoms with Gasteiger partial charge in [0.05, 0.1) is 0 Å². The zero-order valence-corrected chi connectivity index (χ0v) is 7.53. The molecule has 0 atom stereocenters. The van der Waals surface area contributed by atoms with E-state index in [0.29, 0.717) is 0 Å². The Kier molecular flexibility index (Phi) is 3.13. The molecule has 0 bridgehead atoms. The molecular formula is C8H7NOSe. The molecule has 0 spiro atoms. The average molecular weight is 212 g/mol. The fourth-order valence-electron chi connectivity index (χ4n) is 0.716.